The van der Waals surface area contributed by atoms with Gasteiger partial charge in [-0.05, 0) is 13.3 Å². The molecular formula is C13H25IN4O. The molecule has 0 aliphatic heterocycles. The van der Waals surface area contributed by atoms with E-state index < -0.39 is 0 Å². The Morgan fingerprint density at radius 1 is 1.26 bits per heavy atom. The Morgan fingerprint density at radius 2 is 2.11 bits per heavy atom. The highest BCUT2D eigenvalue weighted by molar-refractivity contribution is 14.0. The molecule has 0 atom stereocenters. The minimum Gasteiger partial charge on any atom is -0.364 e. The first kappa shape index (κ1) is 18.2. The summed E-state index contributed by atoms with van der Waals surface area (Å²) in [6.07, 6.45) is 6.58. The number of halogens is 1. The first-order valence-corrected chi connectivity index (χ1v) is 6.78. The van der Waals surface area contributed by atoms with Gasteiger partial charge in [0.1, 0.15) is 12.0 Å². The topological polar surface area (TPSA) is 62.5 Å². The molecule has 0 aliphatic carbocycles. The number of rotatable bonds is 8. The van der Waals surface area contributed by atoms with Crippen molar-refractivity contribution in [3.05, 3.63) is 18.0 Å². The van der Waals surface area contributed by atoms with Crippen molar-refractivity contribution in [3.63, 3.8) is 0 Å². The van der Waals surface area contributed by atoms with Crippen molar-refractivity contribution in [2.24, 2.45) is 4.99 Å². The van der Waals surface area contributed by atoms with Crippen LogP contribution in [0.15, 0.2) is 21.8 Å². The Kier molecular flexibility index (Phi) is 11.7. The molecule has 0 fully saturated rings. The van der Waals surface area contributed by atoms with Crippen LogP contribution < -0.4 is 10.6 Å². The van der Waals surface area contributed by atoms with Crippen molar-refractivity contribution in [3.8, 4) is 0 Å². The highest BCUT2D eigenvalue weighted by Crippen LogP contribution is 1.98. The second-order valence-electron chi connectivity index (χ2n) is 4.17. The zero-order valence-electron chi connectivity index (χ0n) is 11.8. The summed E-state index contributed by atoms with van der Waals surface area (Å²) >= 11 is 0. The van der Waals surface area contributed by atoms with Crippen LogP contribution in [0.25, 0.3) is 0 Å². The van der Waals surface area contributed by atoms with Gasteiger partial charge in [-0.15, -0.1) is 24.0 Å². The van der Waals surface area contributed by atoms with Gasteiger partial charge in [0.05, 0.1) is 6.54 Å². The molecule has 0 bridgehead atoms. The summed E-state index contributed by atoms with van der Waals surface area (Å²) in [6.45, 7) is 6.65. The zero-order valence-corrected chi connectivity index (χ0v) is 14.1. The molecule has 0 spiro atoms. The predicted molar refractivity (Wildman–Crippen MR) is 88.9 cm³/mol. The maximum atomic E-state index is 4.77. The van der Waals surface area contributed by atoms with Gasteiger partial charge < -0.3 is 15.2 Å². The molecule has 6 heteroatoms. The van der Waals surface area contributed by atoms with E-state index in [9.17, 15) is 0 Å². The summed E-state index contributed by atoms with van der Waals surface area (Å²) in [5.41, 5.74) is 0.846. The van der Waals surface area contributed by atoms with E-state index in [1.165, 1.54) is 25.7 Å². The van der Waals surface area contributed by atoms with Gasteiger partial charge in [0.25, 0.3) is 0 Å². The van der Waals surface area contributed by atoms with Gasteiger partial charge >= 0.3 is 0 Å². The Bertz CT molecular complexity index is 327. The van der Waals surface area contributed by atoms with Gasteiger partial charge in [-0.2, -0.15) is 0 Å². The van der Waals surface area contributed by atoms with E-state index in [1.807, 2.05) is 6.07 Å². The van der Waals surface area contributed by atoms with Gasteiger partial charge in [0.15, 0.2) is 5.96 Å². The summed E-state index contributed by atoms with van der Waals surface area (Å²) in [7, 11) is 0. The van der Waals surface area contributed by atoms with Gasteiger partial charge in [0, 0.05) is 19.2 Å². The normalized spacial score (nSPS) is 10.9. The van der Waals surface area contributed by atoms with E-state index in [-0.39, 0.29) is 24.0 Å². The molecule has 0 aliphatic rings. The summed E-state index contributed by atoms with van der Waals surface area (Å²) in [6, 6.07) is 1.83. The van der Waals surface area contributed by atoms with Crippen LogP contribution in [0.3, 0.4) is 0 Å². The lowest BCUT2D eigenvalue weighted by molar-refractivity contribution is 0.412. The van der Waals surface area contributed by atoms with E-state index in [0.717, 1.165) is 24.7 Å². The van der Waals surface area contributed by atoms with Crippen molar-refractivity contribution in [2.75, 3.05) is 13.1 Å². The second-order valence-corrected chi connectivity index (χ2v) is 4.17. The number of aliphatic imine (C=N–C) groups is 1. The molecular weight excluding hydrogens is 355 g/mol. The van der Waals surface area contributed by atoms with Crippen LogP contribution in [-0.2, 0) is 6.54 Å². The average Bonchev–Trinajstić information content (AvgIpc) is 2.88. The molecule has 1 heterocycles. The summed E-state index contributed by atoms with van der Waals surface area (Å²) < 4.78 is 4.77. The maximum absolute atomic E-state index is 4.77. The molecule has 0 amide bonds. The van der Waals surface area contributed by atoms with Gasteiger partial charge in [-0.1, -0.05) is 31.3 Å². The van der Waals surface area contributed by atoms with Crippen LogP contribution in [0.4, 0.5) is 0 Å². The lowest BCUT2D eigenvalue weighted by Gasteiger charge is -2.10. The van der Waals surface area contributed by atoms with E-state index >= 15 is 0 Å². The van der Waals surface area contributed by atoms with Crippen LogP contribution >= 0.6 is 24.0 Å². The predicted octanol–water partition coefficient (Wildman–Crippen LogP) is 2.93. The van der Waals surface area contributed by atoms with Crippen molar-refractivity contribution in [1.82, 2.24) is 15.8 Å². The van der Waals surface area contributed by atoms with Crippen LogP contribution in [0.1, 0.15) is 45.2 Å². The Balaban J connectivity index is 0.00000324. The quantitative estimate of drug-likeness (QED) is 0.315. The molecule has 0 saturated carbocycles. The number of nitrogens with one attached hydrogen (secondary N) is 2. The Labute approximate surface area is 132 Å². The number of nitrogens with zero attached hydrogens (tertiary/aromatic N) is 2. The highest BCUT2D eigenvalue weighted by Gasteiger charge is 1.98. The number of hydrogen-bond acceptors (Lipinski definition) is 3. The summed E-state index contributed by atoms with van der Waals surface area (Å²) in [5.74, 6) is 0.844. The fourth-order valence-electron chi connectivity index (χ4n) is 1.58. The molecule has 0 saturated heterocycles. The van der Waals surface area contributed by atoms with Crippen molar-refractivity contribution in [2.45, 2.75) is 46.1 Å². The van der Waals surface area contributed by atoms with E-state index in [0.29, 0.717) is 6.54 Å². The van der Waals surface area contributed by atoms with Crippen LogP contribution in [0.5, 0.6) is 0 Å². The standard InChI is InChI=1S/C13H24N4O.HI/c1-3-5-6-7-9-15-13(14-4-2)16-11-12-8-10-18-17-12;/h8,10H,3-7,9,11H2,1-2H3,(H2,14,15,16);1H. The third-order valence-corrected chi connectivity index (χ3v) is 2.56. The van der Waals surface area contributed by atoms with E-state index in [4.69, 9.17) is 4.52 Å². The molecule has 19 heavy (non-hydrogen) atoms. The third-order valence-electron chi connectivity index (χ3n) is 2.56. The minimum absolute atomic E-state index is 0. The summed E-state index contributed by atoms with van der Waals surface area (Å²) in [5, 5.41) is 10.4. The SMILES string of the molecule is CCCCCCNC(=NCc1ccon1)NCC.I. The smallest absolute Gasteiger partial charge is 0.191 e. The Morgan fingerprint density at radius 3 is 2.74 bits per heavy atom. The maximum Gasteiger partial charge on any atom is 0.191 e. The molecule has 1 rings (SSSR count). The highest BCUT2D eigenvalue weighted by atomic mass is 127. The molecule has 0 radical (unpaired) electrons. The fraction of sp³-hybridized carbons (Fsp3) is 0.692. The molecule has 0 unspecified atom stereocenters. The number of unbranched alkanes of at least 4 members (excludes halogenated alkanes) is 3. The number of hydrogen-bond donors (Lipinski definition) is 2. The van der Waals surface area contributed by atoms with Gasteiger partial charge in [-0.3, -0.25) is 0 Å². The molecule has 1 aromatic rings. The largest absolute Gasteiger partial charge is 0.364 e. The van der Waals surface area contributed by atoms with E-state index in [1.54, 1.807) is 6.26 Å². The van der Waals surface area contributed by atoms with Crippen LogP contribution in [0, 0.1) is 0 Å². The third kappa shape index (κ3) is 8.85. The molecule has 1 aromatic heterocycles. The molecule has 0 aromatic carbocycles. The van der Waals surface area contributed by atoms with Gasteiger partial charge in [0.2, 0.25) is 0 Å². The second kappa shape index (κ2) is 12.3. The molecule has 2 N–H and O–H groups in total. The number of aromatic nitrogens is 1. The van der Waals surface area contributed by atoms with Crippen LogP contribution in [0.2, 0.25) is 0 Å². The molecule has 5 nitrogen and oxygen atoms in total. The van der Waals surface area contributed by atoms with E-state index in [2.05, 4.69) is 34.6 Å². The van der Waals surface area contributed by atoms with Gasteiger partial charge in [-0.25, -0.2) is 4.99 Å². The van der Waals surface area contributed by atoms with Crippen molar-refractivity contribution < 1.29 is 4.52 Å². The fourth-order valence-corrected chi connectivity index (χ4v) is 1.58. The first-order chi connectivity index (χ1) is 8.86. The summed E-state index contributed by atoms with van der Waals surface area (Å²) in [4.78, 5) is 4.45. The number of guanidine groups is 1. The van der Waals surface area contributed by atoms with Crippen molar-refractivity contribution >= 4 is 29.9 Å². The first-order valence-electron chi connectivity index (χ1n) is 6.78. The lowest BCUT2D eigenvalue weighted by atomic mass is 10.2. The Hall–Kier alpha value is -0.790. The van der Waals surface area contributed by atoms with Crippen LogP contribution in [-0.4, -0.2) is 24.2 Å². The lowest BCUT2D eigenvalue weighted by Crippen LogP contribution is -2.37. The molecule has 110 valence electrons. The monoisotopic (exact) mass is 380 g/mol. The van der Waals surface area contributed by atoms with Crippen molar-refractivity contribution in [1.29, 1.82) is 0 Å². The zero-order chi connectivity index (χ0) is 13.1. The minimum atomic E-state index is 0. The average molecular weight is 380 g/mol.